The van der Waals surface area contributed by atoms with Crippen LogP contribution in [0.4, 0.5) is 10.1 Å². The molecule has 1 atom stereocenters. The van der Waals surface area contributed by atoms with E-state index in [4.69, 9.17) is 0 Å². The van der Waals surface area contributed by atoms with Gasteiger partial charge in [0.2, 0.25) is 11.8 Å². The number of anilines is 1. The number of carbonyl (C=O) groups excluding carboxylic acids is 2. The van der Waals surface area contributed by atoms with E-state index in [9.17, 15) is 14.0 Å². The zero-order valence-electron chi connectivity index (χ0n) is 13.4. The van der Waals surface area contributed by atoms with Crippen LogP contribution in [0, 0.1) is 12.7 Å². The van der Waals surface area contributed by atoms with Crippen LogP contribution < -0.4 is 10.2 Å². The van der Waals surface area contributed by atoms with Gasteiger partial charge < -0.3 is 10.2 Å². The molecule has 0 spiro atoms. The lowest BCUT2D eigenvalue weighted by Gasteiger charge is -2.32. The highest BCUT2D eigenvalue weighted by Crippen LogP contribution is 2.23. The second-order valence-electron chi connectivity index (χ2n) is 5.92. The van der Waals surface area contributed by atoms with Crippen molar-refractivity contribution in [2.45, 2.75) is 32.2 Å². The van der Waals surface area contributed by atoms with E-state index in [-0.39, 0.29) is 23.9 Å². The number of carbonyl (C=O) groups is 2. The number of H-pyrrole nitrogens is 1. The van der Waals surface area contributed by atoms with Gasteiger partial charge in [-0.05, 0) is 38.0 Å². The Morgan fingerprint density at radius 1 is 1.46 bits per heavy atom. The van der Waals surface area contributed by atoms with Gasteiger partial charge in [0.1, 0.15) is 11.9 Å². The van der Waals surface area contributed by atoms with E-state index < -0.39 is 11.9 Å². The molecular weight excluding hydrogens is 311 g/mol. The SMILES string of the molecule is Cc1cc(CC(=O)N[C@H]2CCCN(c3ccccc3F)C2=O)n[nH]1. The second-order valence-corrected chi connectivity index (χ2v) is 5.92. The molecule has 2 amide bonds. The molecule has 2 heterocycles. The van der Waals surface area contributed by atoms with Gasteiger partial charge in [-0.1, -0.05) is 12.1 Å². The van der Waals surface area contributed by atoms with Gasteiger partial charge in [0.25, 0.3) is 0 Å². The molecule has 1 aliphatic rings. The molecule has 0 unspecified atom stereocenters. The molecule has 24 heavy (non-hydrogen) atoms. The summed E-state index contributed by atoms with van der Waals surface area (Å²) in [6, 6.07) is 7.32. The number of benzene rings is 1. The second kappa shape index (κ2) is 6.82. The van der Waals surface area contributed by atoms with E-state index in [1.54, 1.807) is 24.3 Å². The smallest absolute Gasteiger partial charge is 0.249 e. The van der Waals surface area contributed by atoms with Gasteiger partial charge >= 0.3 is 0 Å². The molecule has 126 valence electrons. The summed E-state index contributed by atoms with van der Waals surface area (Å²) in [6.45, 7) is 2.30. The lowest BCUT2D eigenvalue weighted by molar-refractivity contribution is -0.128. The Kier molecular flexibility index (Phi) is 4.59. The van der Waals surface area contributed by atoms with E-state index in [1.807, 2.05) is 6.92 Å². The molecule has 0 radical (unpaired) electrons. The summed E-state index contributed by atoms with van der Waals surface area (Å²) in [6.07, 6.45) is 1.36. The Labute approximate surface area is 139 Å². The molecule has 1 aromatic heterocycles. The molecule has 2 N–H and O–H groups in total. The van der Waals surface area contributed by atoms with Crippen molar-refractivity contribution < 1.29 is 14.0 Å². The Balaban J connectivity index is 1.67. The van der Waals surface area contributed by atoms with Crippen molar-refractivity contribution in [3.8, 4) is 0 Å². The summed E-state index contributed by atoms with van der Waals surface area (Å²) < 4.78 is 13.9. The van der Waals surface area contributed by atoms with Crippen molar-refractivity contribution in [2.75, 3.05) is 11.4 Å². The van der Waals surface area contributed by atoms with Gasteiger partial charge in [0, 0.05) is 12.2 Å². The summed E-state index contributed by atoms with van der Waals surface area (Å²) in [5.74, 6) is -0.988. The highest BCUT2D eigenvalue weighted by Gasteiger charge is 2.31. The number of amides is 2. The fourth-order valence-electron chi connectivity index (χ4n) is 2.89. The minimum absolute atomic E-state index is 0.105. The third-order valence-corrected chi connectivity index (χ3v) is 4.02. The molecule has 0 saturated carbocycles. The van der Waals surface area contributed by atoms with E-state index in [0.29, 0.717) is 25.1 Å². The maximum absolute atomic E-state index is 13.9. The van der Waals surface area contributed by atoms with Gasteiger partial charge in [-0.15, -0.1) is 0 Å². The lowest BCUT2D eigenvalue weighted by atomic mass is 10.0. The highest BCUT2D eigenvalue weighted by atomic mass is 19.1. The highest BCUT2D eigenvalue weighted by molar-refractivity contribution is 6.00. The normalized spacial score (nSPS) is 17.8. The quantitative estimate of drug-likeness (QED) is 0.896. The minimum Gasteiger partial charge on any atom is -0.344 e. The van der Waals surface area contributed by atoms with Crippen LogP contribution in [0.1, 0.15) is 24.2 Å². The molecule has 2 aromatic rings. The molecule has 1 aliphatic heterocycles. The molecule has 0 bridgehead atoms. The standard InChI is InChI=1S/C17H19FN4O2/c1-11-9-12(21-20-11)10-16(23)19-14-6-4-8-22(17(14)24)15-7-3-2-5-13(15)18/h2-3,5,7,9,14H,4,6,8,10H2,1H3,(H,19,23)(H,20,21)/t14-/m0/s1. The first-order valence-corrected chi connectivity index (χ1v) is 7.91. The van der Waals surface area contributed by atoms with Crippen molar-refractivity contribution in [3.05, 3.63) is 47.5 Å². The lowest BCUT2D eigenvalue weighted by Crippen LogP contribution is -2.53. The van der Waals surface area contributed by atoms with E-state index in [2.05, 4.69) is 15.5 Å². The van der Waals surface area contributed by atoms with Crippen LogP contribution in [0.3, 0.4) is 0 Å². The van der Waals surface area contributed by atoms with E-state index in [1.165, 1.54) is 11.0 Å². The van der Waals surface area contributed by atoms with Crippen LogP contribution >= 0.6 is 0 Å². The molecule has 1 fully saturated rings. The first kappa shape index (κ1) is 16.2. The number of piperidine rings is 1. The number of aromatic amines is 1. The Morgan fingerprint density at radius 2 is 2.25 bits per heavy atom. The molecule has 6 nitrogen and oxygen atoms in total. The van der Waals surface area contributed by atoms with Gasteiger partial charge in [-0.2, -0.15) is 5.10 Å². The number of nitrogens with zero attached hydrogens (tertiary/aromatic N) is 2. The maximum Gasteiger partial charge on any atom is 0.249 e. The maximum atomic E-state index is 13.9. The van der Waals surface area contributed by atoms with Crippen molar-refractivity contribution in [1.82, 2.24) is 15.5 Å². The third kappa shape index (κ3) is 3.45. The predicted molar refractivity (Wildman–Crippen MR) is 86.9 cm³/mol. The number of hydrogen-bond acceptors (Lipinski definition) is 3. The monoisotopic (exact) mass is 330 g/mol. The predicted octanol–water partition coefficient (Wildman–Crippen LogP) is 1.71. The van der Waals surface area contributed by atoms with Gasteiger partial charge in [-0.25, -0.2) is 4.39 Å². The number of nitrogens with one attached hydrogen (secondary N) is 2. The van der Waals surface area contributed by atoms with Crippen molar-refractivity contribution in [2.24, 2.45) is 0 Å². The van der Waals surface area contributed by atoms with E-state index >= 15 is 0 Å². The van der Waals surface area contributed by atoms with Crippen LogP contribution in [-0.2, 0) is 16.0 Å². The van der Waals surface area contributed by atoms with E-state index in [0.717, 1.165) is 5.69 Å². The molecule has 1 saturated heterocycles. The van der Waals surface area contributed by atoms with Crippen LogP contribution in [0.25, 0.3) is 0 Å². The average molecular weight is 330 g/mol. The first-order chi connectivity index (χ1) is 11.5. The summed E-state index contributed by atoms with van der Waals surface area (Å²) in [5.41, 5.74) is 1.75. The summed E-state index contributed by atoms with van der Waals surface area (Å²) >= 11 is 0. The van der Waals surface area contributed by atoms with Crippen molar-refractivity contribution in [3.63, 3.8) is 0 Å². The molecular formula is C17H19FN4O2. The number of aromatic nitrogens is 2. The first-order valence-electron chi connectivity index (χ1n) is 7.91. The fourth-order valence-corrected chi connectivity index (χ4v) is 2.89. The van der Waals surface area contributed by atoms with Crippen molar-refractivity contribution in [1.29, 1.82) is 0 Å². The van der Waals surface area contributed by atoms with Crippen LogP contribution in [0.2, 0.25) is 0 Å². The largest absolute Gasteiger partial charge is 0.344 e. The molecule has 3 rings (SSSR count). The Bertz CT molecular complexity index is 759. The van der Waals surface area contributed by atoms with Gasteiger partial charge in [0.15, 0.2) is 0 Å². The summed E-state index contributed by atoms with van der Waals surface area (Å²) in [7, 11) is 0. The third-order valence-electron chi connectivity index (χ3n) is 4.02. The van der Waals surface area contributed by atoms with Crippen LogP contribution in [0.15, 0.2) is 30.3 Å². The Hall–Kier alpha value is -2.70. The minimum atomic E-state index is -0.633. The number of aryl methyl sites for hydroxylation is 1. The summed E-state index contributed by atoms with van der Waals surface area (Å²) in [5, 5.41) is 9.52. The van der Waals surface area contributed by atoms with Crippen LogP contribution in [0.5, 0.6) is 0 Å². The van der Waals surface area contributed by atoms with Crippen LogP contribution in [-0.4, -0.2) is 34.6 Å². The molecule has 1 aromatic carbocycles. The topological polar surface area (TPSA) is 78.1 Å². The zero-order chi connectivity index (χ0) is 17.1. The number of halogens is 1. The fraction of sp³-hybridized carbons (Fsp3) is 0.353. The number of para-hydroxylation sites is 1. The van der Waals surface area contributed by atoms with Gasteiger partial charge in [-0.3, -0.25) is 14.7 Å². The summed E-state index contributed by atoms with van der Waals surface area (Å²) in [4.78, 5) is 26.1. The van der Waals surface area contributed by atoms with Crippen molar-refractivity contribution >= 4 is 17.5 Å². The number of rotatable bonds is 4. The van der Waals surface area contributed by atoms with Gasteiger partial charge in [0.05, 0.1) is 17.8 Å². The number of hydrogen-bond donors (Lipinski definition) is 2. The molecule has 0 aliphatic carbocycles. The molecule has 7 heteroatoms. The Morgan fingerprint density at radius 3 is 2.96 bits per heavy atom. The zero-order valence-corrected chi connectivity index (χ0v) is 13.4. The average Bonchev–Trinajstić information content (AvgIpc) is 2.95.